The first kappa shape index (κ1) is 9.99. The van der Waals surface area contributed by atoms with Gasteiger partial charge in [-0.3, -0.25) is 4.55 Å². The number of hydrogen-bond acceptors (Lipinski definition) is 3. The van der Waals surface area contributed by atoms with Gasteiger partial charge in [0, 0.05) is 0 Å². The molecule has 0 aromatic heterocycles. The highest BCUT2D eigenvalue weighted by Crippen LogP contribution is 2.02. The number of rotatable bonds is 3. The van der Waals surface area contributed by atoms with Gasteiger partial charge in [-0.25, -0.2) is 4.21 Å². The van der Waals surface area contributed by atoms with Gasteiger partial charge in [0.15, 0.2) is 0 Å². The lowest BCUT2D eigenvalue weighted by molar-refractivity contribution is -0.0246. The molecule has 0 aliphatic carbocycles. The third kappa shape index (κ3) is 2.72. The molecule has 3 unspecified atom stereocenters. The molecule has 0 aliphatic rings. The van der Waals surface area contributed by atoms with E-state index in [9.17, 15) is 4.21 Å². The Hall–Kier alpha value is -0.0100. The van der Waals surface area contributed by atoms with Crippen molar-refractivity contribution < 1.29 is 19.0 Å². The van der Waals surface area contributed by atoms with Gasteiger partial charge in [-0.05, 0) is 13.8 Å². The minimum atomic E-state index is -2.33. The summed E-state index contributed by atoms with van der Waals surface area (Å²) in [5, 5.41) is 17.5. The van der Waals surface area contributed by atoms with Crippen LogP contribution in [0.15, 0.2) is 0 Å². The average Bonchev–Trinajstić information content (AvgIpc) is 1.59. The van der Waals surface area contributed by atoms with Gasteiger partial charge in [-0.15, -0.1) is 4.31 Å². The zero-order valence-electron chi connectivity index (χ0n) is 5.76. The SMILES string of the molecule is CC(O)N(C(C)O)S(=O)O. The highest BCUT2D eigenvalue weighted by molar-refractivity contribution is 7.76. The smallest absolute Gasteiger partial charge is 0.239 e. The molecule has 0 saturated heterocycles. The maximum Gasteiger partial charge on any atom is 0.239 e. The van der Waals surface area contributed by atoms with Gasteiger partial charge in [0.25, 0.3) is 0 Å². The van der Waals surface area contributed by atoms with Gasteiger partial charge in [0.05, 0.1) is 0 Å². The van der Waals surface area contributed by atoms with Crippen LogP contribution in [0.25, 0.3) is 0 Å². The maximum atomic E-state index is 10.3. The second-order valence-corrected chi connectivity index (χ2v) is 2.74. The minimum Gasteiger partial charge on any atom is -0.378 e. The molecule has 62 valence electrons. The first-order chi connectivity index (χ1) is 4.46. The zero-order valence-corrected chi connectivity index (χ0v) is 6.58. The topological polar surface area (TPSA) is 81.0 Å². The fraction of sp³-hybridized carbons (Fsp3) is 1.00. The minimum absolute atomic E-state index is 0.639. The monoisotopic (exact) mass is 169 g/mol. The van der Waals surface area contributed by atoms with Crippen LogP contribution in [0.2, 0.25) is 0 Å². The van der Waals surface area contributed by atoms with Crippen LogP contribution in [-0.2, 0) is 11.3 Å². The van der Waals surface area contributed by atoms with Crippen molar-refractivity contribution in [1.82, 2.24) is 4.31 Å². The molecule has 5 nitrogen and oxygen atoms in total. The van der Waals surface area contributed by atoms with Crippen LogP contribution in [-0.4, -0.2) is 35.7 Å². The van der Waals surface area contributed by atoms with E-state index in [4.69, 9.17) is 14.8 Å². The van der Waals surface area contributed by atoms with Crippen molar-refractivity contribution in [2.45, 2.75) is 26.3 Å². The Bertz CT molecular complexity index is 118. The standard InChI is InChI=1S/C4H11NO4S/c1-3(6)5(4(2)7)10(8)9/h3-4,6-7H,1-2H3,(H,8,9). The molecule has 3 atom stereocenters. The Morgan fingerprint density at radius 3 is 1.60 bits per heavy atom. The van der Waals surface area contributed by atoms with E-state index in [1.807, 2.05) is 0 Å². The van der Waals surface area contributed by atoms with Crippen molar-refractivity contribution >= 4 is 11.3 Å². The fourth-order valence-electron chi connectivity index (χ4n) is 0.573. The van der Waals surface area contributed by atoms with Gasteiger partial charge >= 0.3 is 0 Å². The number of aliphatic hydroxyl groups excluding tert-OH is 2. The molecule has 0 fully saturated rings. The Balaban J connectivity index is 4.12. The molecule has 0 amide bonds. The van der Waals surface area contributed by atoms with E-state index in [-0.39, 0.29) is 0 Å². The summed E-state index contributed by atoms with van der Waals surface area (Å²) in [4.78, 5) is 0. The summed E-state index contributed by atoms with van der Waals surface area (Å²) in [5.74, 6) is 0. The van der Waals surface area contributed by atoms with E-state index in [1.165, 1.54) is 13.8 Å². The van der Waals surface area contributed by atoms with Crippen LogP contribution in [0, 0.1) is 0 Å². The third-order valence-corrected chi connectivity index (χ3v) is 1.89. The fourth-order valence-corrected chi connectivity index (χ4v) is 1.10. The summed E-state index contributed by atoms with van der Waals surface area (Å²) >= 11 is -2.33. The van der Waals surface area contributed by atoms with Crippen molar-refractivity contribution in [1.29, 1.82) is 0 Å². The van der Waals surface area contributed by atoms with Crippen molar-refractivity contribution in [3.05, 3.63) is 0 Å². The van der Waals surface area contributed by atoms with Crippen molar-refractivity contribution in [2.24, 2.45) is 0 Å². The molecule has 10 heavy (non-hydrogen) atoms. The summed E-state index contributed by atoms with van der Waals surface area (Å²) in [6.07, 6.45) is -2.27. The van der Waals surface area contributed by atoms with E-state index < -0.39 is 23.7 Å². The van der Waals surface area contributed by atoms with E-state index in [0.29, 0.717) is 4.31 Å². The number of hydrogen-bond donors (Lipinski definition) is 3. The van der Waals surface area contributed by atoms with Crippen LogP contribution < -0.4 is 0 Å². The predicted octanol–water partition coefficient (Wildman–Crippen LogP) is -0.898. The largest absolute Gasteiger partial charge is 0.378 e. The summed E-state index contributed by atoms with van der Waals surface area (Å²) in [6.45, 7) is 2.58. The highest BCUT2D eigenvalue weighted by Gasteiger charge is 2.21. The molecule has 0 saturated carbocycles. The van der Waals surface area contributed by atoms with Gasteiger partial charge < -0.3 is 10.2 Å². The molecular weight excluding hydrogens is 158 g/mol. The molecule has 0 spiro atoms. The van der Waals surface area contributed by atoms with E-state index in [0.717, 1.165) is 0 Å². The van der Waals surface area contributed by atoms with Crippen molar-refractivity contribution in [2.75, 3.05) is 0 Å². The van der Waals surface area contributed by atoms with Crippen LogP contribution >= 0.6 is 0 Å². The second-order valence-electron chi connectivity index (χ2n) is 1.85. The summed E-state index contributed by atoms with van der Waals surface area (Å²) < 4.78 is 19.4. The lowest BCUT2D eigenvalue weighted by atomic mass is 10.6. The predicted molar refractivity (Wildman–Crippen MR) is 36.0 cm³/mol. The molecule has 0 heterocycles. The number of nitrogens with zero attached hydrogens (tertiary/aromatic N) is 1. The molecule has 0 radical (unpaired) electrons. The average molecular weight is 169 g/mol. The van der Waals surface area contributed by atoms with Crippen molar-refractivity contribution in [3.63, 3.8) is 0 Å². The normalized spacial score (nSPS) is 20.6. The van der Waals surface area contributed by atoms with Gasteiger partial charge in [0.1, 0.15) is 12.5 Å². The van der Waals surface area contributed by atoms with Gasteiger partial charge in [-0.1, -0.05) is 0 Å². The Morgan fingerprint density at radius 2 is 1.60 bits per heavy atom. The Labute approximate surface area is 61.7 Å². The summed E-state index contributed by atoms with van der Waals surface area (Å²) in [6, 6.07) is 0. The summed E-state index contributed by atoms with van der Waals surface area (Å²) in [5.41, 5.74) is 0. The third-order valence-electron chi connectivity index (χ3n) is 0.917. The first-order valence-corrected chi connectivity index (χ1v) is 3.78. The Kier molecular flexibility index (Phi) is 3.99. The quantitative estimate of drug-likeness (QED) is 0.378. The molecule has 0 rings (SSSR count). The zero-order chi connectivity index (χ0) is 8.31. The van der Waals surface area contributed by atoms with Crippen LogP contribution in [0.4, 0.5) is 0 Å². The van der Waals surface area contributed by atoms with E-state index in [1.54, 1.807) is 0 Å². The van der Waals surface area contributed by atoms with Crippen LogP contribution in [0.5, 0.6) is 0 Å². The molecular formula is C4H11NO4S. The molecule has 0 aromatic carbocycles. The number of aliphatic hydroxyl groups is 2. The Morgan fingerprint density at radius 1 is 1.30 bits per heavy atom. The summed E-state index contributed by atoms with van der Waals surface area (Å²) in [7, 11) is 0. The van der Waals surface area contributed by atoms with Gasteiger partial charge in [-0.2, -0.15) is 0 Å². The lowest BCUT2D eigenvalue weighted by Gasteiger charge is -2.22. The molecule has 0 aromatic rings. The van der Waals surface area contributed by atoms with Crippen LogP contribution in [0.3, 0.4) is 0 Å². The van der Waals surface area contributed by atoms with E-state index in [2.05, 4.69) is 0 Å². The van der Waals surface area contributed by atoms with Gasteiger partial charge in [0.2, 0.25) is 11.3 Å². The highest BCUT2D eigenvalue weighted by atomic mass is 32.2. The molecule has 3 N–H and O–H groups in total. The maximum absolute atomic E-state index is 10.3. The molecule has 0 aliphatic heterocycles. The van der Waals surface area contributed by atoms with Crippen molar-refractivity contribution in [3.8, 4) is 0 Å². The van der Waals surface area contributed by atoms with Crippen LogP contribution in [0.1, 0.15) is 13.8 Å². The molecule has 6 heteroatoms. The second kappa shape index (κ2) is 3.99. The lowest BCUT2D eigenvalue weighted by Crippen LogP contribution is -2.40. The molecule has 0 bridgehead atoms. The van der Waals surface area contributed by atoms with E-state index >= 15 is 0 Å². The first-order valence-electron chi connectivity index (χ1n) is 2.72.